The SMILES string of the molecule is COc1cccc(NCc2cc(Cl)cs2)c1. The van der Waals surface area contributed by atoms with E-state index in [2.05, 4.69) is 5.32 Å². The molecule has 0 unspecified atom stereocenters. The Bertz CT molecular complexity index is 470. The number of anilines is 1. The fourth-order valence-corrected chi connectivity index (χ4v) is 2.38. The summed E-state index contributed by atoms with van der Waals surface area (Å²) < 4.78 is 5.15. The highest BCUT2D eigenvalue weighted by Crippen LogP contribution is 2.21. The minimum absolute atomic E-state index is 0.782. The molecule has 2 aromatic rings. The Labute approximate surface area is 104 Å². The van der Waals surface area contributed by atoms with E-state index in [9.17, 15) is 0 Å². The van der Waals surface area contributed by atoms with E-state index in [-0.39, 0.29) is 0 Å². The van der Waals surface area contributed by atoms with Crippen molar-refractivity contribution in [1.82, 2.24) is 0 Å². The lowest BCUT2D eigenvalue weighted by Gasteiger charge is -2.06. The molecule has 4 heteroatoms. The monoisotopic (exact) mass is 253 g/mol. The number of benzene rings is 1. The van der Waals surface area contributed by atoms with Crippen LogP contribution in [0.5, 0.6) is 5.75 Å². The number of nitrogens with one attached hydrogen (secondary N) is 1. The Morgan fingerprint density at radius 1 is 1.38 bits per heavy atom. The van der Waals surface area contributed by atoms with Crippen molar-refractivity contribution in [2.45, 2.75) is 6.54 Å². The van der Waals surface area contributed by atoms with E-state index >= 15 is 0 Å². The van der Waals surface area contributed by atoms with Gasteiger partial charge in [-0.3, -0.25) is 0 Å². The molecule has 1 aromatic carbocycles. The van der Waals surface area contributed by atoms with Crippen LogP contribution in [0.1, 0.15) is 4.88 Å². The number of rotatable bonds is 4. The predicted molar refractivity (Wildman–Crippen MR) is 69.6 cm³/mol. The molecule has 0 saturated carbocycles. The molecule has 1 aromatic heterocycles. The molecule has 0 fully saturated rings. The van der Waals surface area contributed by atoms with Crippen LogP contribution in [0.4, 0.5) is 5.69 Å². The molecule has 0 spiro atoms. The third-order valence-corrected chi connectivity index (χ3v) is 3.44. The van der Waals surface area contributed by atoms with Crippen LogP contribution in [-0.4, -0.2) is 7.11 Å². The second kappa shape index (κ2) is 5.23. The molecule has 0 bridgehead atoms. The first-order valence-electron chi connectivity index (χ1n) is 4.89. The van der Waals surface area contributed by atoms with Crippen LogP contribution < -0.4 is 10.1 Å². The number of halogens is 1. The summed E-state index contributed by atoms with van der Waals surface area (Å²) in [4.78, 5) is 1.22. The standard InChI is InChI=1S/C12H12ClNOS/c1-15-11-4-2-3-10(6-11)14-7-12-5-9(13)8-16-12/h2-6,8,14H,7H2,1H3. The molecule has 2 nitrogen and oxygen atoms in total. The van der Waals surface area contributed by atoms with Crippen LogP contribution in [0.3, 0.4) is 0 Å². The van der Waals surface area contributed by atoms with E-state index in [1.165, 1.54) is 4.88 Å². The molecule has 0 atom stereocenters. The van der Waals surface area contributed by atoms with Gasteiger partial charge < -0.3 is 10.1 Å². The number of hydrogen-bond donors (Lipinski definition) is 1. The van der Waals surface area contributed by atoms with Gasteiger partial charge in [0.25, 0.3) is 0 Å². The average Bonchev–Trinajstić information content (AvgIpc) is 2.73. The van der Waals surface area contributed by atoms with Gasteiger partial charge in [-0.2, -0.15) is 0 Å². The highest BCUT2D eigenvalue weighted by Gasteiger charge is 1.99. The third-order valence-electron chi connectivity index (χ3n) is 2.16. The summed E-state index contributed by atoms with van der Waals surface area (Å²) in [5, 5.41) is 6.05. The molecule has 1 N–H and O–H groups in total. The van der Waals surface area contributed by atoms with Crippen molar-refractivity contribution in [1.29, 1.82) is 0 Å². The van der Waals surface area contributed by atoms with Gasteiger partial charge in [-0.25, -0.2) is 0 Å². The largest absolute Gasteiger partial charge is 0.497 e. The lowest BCUT2D eigenvalue weighted by Crippen LogP contribution is -1.97. The summed E-state index contributed by atoms with van der Waals surface area (Å²) >= 11 is 7.51. The quantitative estimate of drug-likeness (QED) is 0.889. The average molecular weight is 254 g/mol. The van der Waals surface area contributed by atoms with Crippen LogP contribution in [0.2, 0.25) is 5.02 Å². The summed E-state index contributed by atoms with van der Waals surface area (Å²) in [5.41, 5.74) is 1.05. The van der Waals surface area contributed by atoms with E-state index < -0.39 is 0 Å². The minimum Gasteiger partial charge on any atom is -0.497 e. The molecule has 0 aliphatic rings. The number of hydrogen-bond acceptors (Lipinski definition) is 3. The van der Waals surface area contributed by atoms with Gasteiger partial charge >= 0.3 is 0 Å². The maximum Gasteiger partial charge on any atom is 0.120 e. The van der Waals surface area contributed by atoms with E-state index in [0.29, 0.717) is 0 Å². The molecule has 0 aliphatic carbocycles. The van der Waals surface area contributed by atoms with E-state index in [4.69, 9.17) is 16.3 Å². The Balaban J connectivity index is 1.99. The maximum atomic E-state index is 5.85. The van der Waals surface area contributed by atoms with Crippen LogP contribution >= 0.6 is 22.9 Å². The van der Waals surface area contributed by atoms with Crippen LogP contribution in [0.15, 0.2) is 35.7 Å². The zero-order valence-electron chi connectivity index (χ0n) is 8.87. The van der Waals surface area contributed by atoms with Gasteiger partial charge in [0.1, 0.15) is 5.75 Å². The molecule has 1 heterocycles. The fourth-order valence-electron chi connectivity index (χ4n) is 1.37. The number of ether oxygens (including phenoxy) is 1. The van der Waals surface area contributed by atoms with Crippen molar-refractivity contribution in [3.05, 3.63) is 45.6 Å². The number of thiophene rings is 1. The van der Waals surface area contributed by atoms with Gasteiger partial charge in [-0.05, 0) is 18.2 Å². The van der Waals surface area contributed by atoms with Crippen molar-refractivity contribution in [3.8, 4) is 5.75 Å². The van der Waals surface area contributed by atoms with Gasteiger partial charge in [-0.1, -0.05) is 17.7 Å². The molecule has 2 rings (SSSR count). The van der Waals surface area contributed by atoms with Crippen LogP contribution in [0, 0.1) is 0 Å². The first-order chi connectivity index (χ1) is 7.78. The third kappa shape index (κ3) is 2.90. The molecule has 16 heavy (non-hydrogen) atoms. The van der Waals surface area contributed by atoms with Crippen molar-refractivity contribution in [3.63, 3.8) is 0 Å². The van der Waals surface area contributed by atoms with E-state index in [1.54, 1.807) is 18.4 Å². The van der Waals surface area contributed by atoms with Crippen LogP contribution in [-0.2, 0) is 6.54 Å². The molecular weight excluding hydrogens is 242 g/mol. The van der Waals surface area contributed by atoms with E-state index in [0.717, 1.165) is 23.0 Å². The second-order valence-corrected chi connectivity index (χ2v) is 4.75. The smallest absolute Gasteiger partial charge is 0.120 e. The Morgan fingerprint density at radius 3 is 2.94 bits per heavy atom. The number of methoxy groups -OCH3 is 1. The molecule has 84 valence electrons. The van der Waals surface area contributed by atoms with Gasteiger partial charge in [0.05, 0.1) is 12.1 Å². The predicted octanol–water partition coefficient (Wildman–Crippen LogP) is 4.02. The molecule has 0 aliphatic heterocycles. The summed E-state index contributed by atoms with van der Waals surface area (Å²) in [5.74, 6) is 0.856. The van der Waals surface area contributed by atoms with Crippen molar-refractivity contribution < 1.29 is 4.74 Å². The molecule has 0 radical (unpaired) electrons. The Kier molecular flexibility index (Phi) is 3.70. The Morgan fingerprint density at radius 2 is 2.25 bits per heavy atom. The van der Waals surface area contributed by atoms with Gasteiger partial charge in [0, 0.05) is 28.6 Å². The van der Waals surface area contributed by atoms with E-state index in [1.807, 2.05) is 35.7 Å². The zero-order valence-corrected chi connectivity index (χ0v) is 10.4. The first-order valence-corrected chi connectivity index (χ1v) is 6.14. The lowest BCUT2D eigenvalue weighted by molar-refractivity contribution is 0.415. The molecule has 0 amide bonds. The summed E-state index contributed by atoms with van der Waals surface area (Å²) in [6.45, 7) is 0.782. The topological polar surface area (TPSA) is 21.3 Å². The molecular formula is C12H12ClNOS. The Hall–Kier alpha value is -1.19. The second-order valence-electron chi connectivity index (χ2n) is 3.32. The summed E-state index contributed by atoms with van der Waals surface area (Å²) in [6, 6.07) is 9.84. The summed E-state index contributed by atoms with van der Waals surface area (Å²) in [7, 11) is 1.66. The lowest BCUT2D eigenvalue weighted by atomic mass is 10.3. The first kappa shape index (κ1) is 11.3. The highest BCUT2D eigenvalue weighted by atomic mass is 35.5. The van der Waals surface area contributed by atoms with Crippen molar-refractivity contribution >= 4 is 28.6 Å². The normalized spacial score (nSPS) is 10.1. The summed E-state index contributed by atoms with van der Waals surface area (Å²) in [6.07, 6.45) is 0. The zero-order chi connectivity index (χ0) is 11.4. The highest BCUT2D eigenvalue weighted by molar-refractivity contribution is 7.10. The van der Waals surface area contributed by atoms with Crippen LogP contribution in [0.25, 0.3) is 0 Å². The minimum atomic E-state index is 0.782. The van der Waals surface area contributed by atoms with Crippen molar-refractivity contribution in [2.75, 3.05) is 12.4 Å². The van der Waals surface area contributed by atoms with Gasteiger partial charge in [0.2, 0.25) is 0 Å². The van der Waals surface area contributed by atoms with Crippen molar-refractivity contribution in [2.24, 2.45) is 0 Å². The maximum absolute atomic E-state index is 5.85. The fraction of sp³-hybridized carbons (Fsp3) is 0.167. The van der Waals surface area contributed by atoms with Gasteiger partial charge in [0.15, 0.2) is 0 Å². The molecule has 0 saturated heterocycles. The van der Waals surface area contributed by atoms with Gasteiger partial charge in [-0.15, -0.1) is 11.3 Å².